The molecule has 1 aromatic carbocycles. The fourth-order valence-corrected chi connectivity index (χ4v) is 1.93. The summed E-state index contributed by atoms with van der Waals surface area (Å²) in [5, 5.41) is 1.17. The Kier molecular flexibility index (Phi) is 2.35. The molecule has 0 spiro atoms. The third-order valence-electron chi connectivity index (χ3n) is 2.72. The van der Waals surface area contributed by atoms with Crippen LogP contribution in [0, 0.1) is 6.92 Å². The molecule has 0 saturated carbocycles. The summed E-state index contributed by atoms with van der Waals surface area (Å²) in [4.78, 5) is 4.31. The lowest BCUT2D eigenvalue weighted by atomic mass is 9.96. The molecule has 0 fully saturated rings. The van der Waals surface area contributed by atoms with E-state index < -0.39 is 0 Å². The largest absolute Gasteiger partial charge is 0.384 e. The van der Waals surface area contributed by atoms with Crippen molar-refractivity contribution in [2.45, 2.75) is 26.7 Å². The van der Waals surface area contributed by atoms with Crippen LogP contribution in [0.4, 0.5) is 5.82 Å². The van der Waals surface area contributed by atoms with Gasteiger partial charge in [0.2, 0.25) is 0 Å². The van der Waals surface area contributed by atoms with Gasteiger partial charge in [-0.1, -0.05) is 13.8 Å². The van der Waals surface area contributed by atoms with Crippen LogP contribution in [0.2, 0.25) is 0 Å². The van der Waals surface area contributed by atoms with Crippen LogP contribution in [0.3, 0.4) is 0 Å². The summed E-state index contributed by atoms with van der Waals surface area (Å²) in [6.45, 7) is 6.54. The Hall–Kier alpha value is -1.57. The highest BCUT2D eigenvalue weighted by molar-refractivity contribution is 5.81. The predicted octanol–water partition coefficient (Wildman–Crippen LogP) is 3.25. The fraction of sp³-hybridized carbons (Fsp3) is 0.308. The Morgan fingerprint density at radius 2 is 1.93 bits per heavy atom. The second-order valence-electron chi connectivity index (χ2n) is 4.29. The Bertz CT molecular complexity index is 501. The summed E-state index contributed by atoms with van der Waals surface area (Å²) in [7, 11) is 0. The number of benzene rings is 1. The number of hydrogen-bond acceptors (Lipinski definition) is 2. The molecule has 78 valence electrons. The van der Waals surface area contributed by atoms with Crippen molar-refractivity contribution in [3.8, 4) is 0 Å². The average molecular weight is 200 g/mol. The molecule has 1 heterocycles. The van der Waals surface area contributed by atoms with E-state index in [1.165, 1.54) is 16.5 Å². The van der Waals surface area contributed by atoms with E-state index in [0.717, 1.165) is 5.52 Å². The van der Waals surface area contributed by atoms with Gasteiger partial charge in [-0.2, -0.15) is 0 Å². The van der Waals surface area contributed by atoms with Crippen LogP contribution in [0.15, 0.2) is 24.3 Å². The smallest absolute Gasteiger partial charge is 0.124 e. The van der Waals surface area contributed by atoms with Crippen LogP contribution in [-0.4, -0.2) is 4.98 Å². The van der Waals surface area contributed by atoms with Crippen LogP contribution in [0.25, 0.3) is 10.9 Å². The summed E-state index contributed by atoms with van der Waals surface area (Å²) in [6.07, 6.45) is 0. The standard InChI is InChI=1S/C13H16N2/c1-8(2)11-7-10-4-5-13(14)15-12(10)6-9(11)3/h4-8H,1-3H3,(H2,14,15). The molecule has 2 rings (SSSR count). The van der Waals surface area contributed by atoms with Crippen LogP contribution in [0.1, 0.15) is 30.9 Å². The first-order valence-electron chi connectivity index (χ1n) is 5.24. The SMILES string of the molecule is Cc1cc2nc(N)ccc2cc1C(C)C. The maximum Gasteiger partial charge on any atom is 0.124 e. The molecular formula is C13H16N2. The van der Waals surface area contributed by atoms with Crippen molar-refractivity contribution in [2.24, 2.45) is 0 Å². The Balaban J connectivity index is 2.71. The summed E-state index contributed by atoms with van der Waals surface area (Å²) in [5.74, 6) is 1.13. The van der Waals surface area contributed by atoms with E-state index in [4.69, 9.17) is 5.73 Å². The van der Waals surface area contributed by atoms with E-state index in [1.807, 2.05) is 12.1 Å². The van der Waals surface area contributed by atoms with Crippen LogP contribution in [0.5, 0.6) is 0 Å². The maximum absolute atomic E-state index is 5.66. The van der Waals surface area contributed by atoms with Crippen molar-refractivity contribution < 1.29 is 0 Å². The summed E-state index contributed by atoms with van der Waals surface area (Å²) >= 11 is 0. The van der Waals surface area contributed by atoms with Gasteiger partial charge in [-0.25, -0.2) is 4.98 Å². The molecule has 0 atom stereocenters. The number of pyridine rings is 1. The van der Waals surface area contributed by atoms with Gasteiger partial charge in [0.15, 0.2) is 0 Å². The number of anilines is 1. The predicted molar refractivity (Wildman–Crippen MR) is 65.0 cm³/mol. The number of nitrogens with zero attached hydrogens (tertiary/aromatic N) is 1. The first-order chi connectivity index (χ1) is 7.08. The zero-order valence-electron chi connectivity index (χ0n) is 9.41. The first kappa shape index (κ1) is 9.97. The van der Waals surface area contributed by atoms with Gasteiger partial charge < -0.3 is 5.73 Å². The zero-order chi connectivity index (χ0) is 11.0. The molecule has 0 aliphatic rings. The molecule has 1 aromatic heterocycles. The number of aryl methyl sites for hydroxylation is 1. The number of aromatic nitrogens is 1. The van der Waals surface area contributed by atoms with E-state index in [-0.39, 0.29) is 0 Å². The van der Waals surface area contributed by atoms with Gasteiger partial charge >= 0.3 is 0 Å². The molecule has 0 radical (unpaired) electrons. The molecule has 0 aliphatic carbocycles. The molecule has 0 amide bonds. The Morgan fingerprint density at radius 1 is 1.20 bits per heavy atom. The highest BCUT2D eigenvalue weighted by Gasteiger charge is 2.05. The highest BCUT2D eigenvalue weighted by Crippen LogP contribution is 2.24. The van der Waals surface area contributed by atoms with Crippen molar-refractivity contribution in [3.63, 3.8) is 0 Å². The van der Waals surface area contributed by atoms with Crippen LogP contribution < -0.4 is 5.73 Å². The second kappa shape index (κ2) is 3.54. The topological polar surface area (TPSA) is 38.9 Å². The molecular weight excluding hydrogens is 184 g/mol. The van der Waals surface area contributed by atoms with Crippen LogP contribution >= 0.6 is 0 Å². The van der Waals surface area contributed by atoms with Gasteiger partial charge in [0.1, 0.15) is 5.82 Å². The highest BCUT2D eigenvalue weighted by atomic mass is 14.8. The minimum absolute atomic E-state index is 0.548. The minimum Gasteiger partial charge on any atom is -0.384 e. The molecule has 2 N–H and O–H groups in total. The molecule has 0 bridgehead atoms. The normalized spacial score (nSPS) is 11.2. The zero-order valence-corrected chi connectivity index (χ0v) is 9.41. The van der Waals surface area contributed by atoms with Crippen molar-refractivity contribution in [2.75, 3.05) is 5.73 Å². The molecule has 2 aromatic rings. The lowest BCUT2D eigenvalue weighted by Gasteiger charge is -2.11. The van der Waals surface area contributed by atoms with Gasteiger partial charge in [-0.3, -0.25) is 0 Å². The quantitative estimate of drug-likeness (QED) is 0.767. The van der Waals surface area contributed by atoms with Crippen molar-refractivity contribution in [1.29, 1.82) is 0 Å². The summed E-state index contributed by atoms with van der Waals surface area (Å²) in [5.41, 5.74) is 9.31. The van der Waals surface area contributed by atoms with E-state index in [1.54, 1.807) is 0 Å². The third-order valence-corrected chi connectivity index (χ3v) is 2.72. The summed E-state index contributed by atoms with van der Waals surface area (Å²) in [6, 6.07) is 8.20. The van der Waals surface area contributed by atoms with Crippen molar-refractivity contribution >= 4 is 16.7 Å². The third kappa shape index (κ3) is 1.80. The van der Waals surface area contributed by atoms with Crippen LogP contribution in [-0.2, 0) is 0 Å². The molecule has 15 heavy (non-hydrogen) atoms. The van der Waals surface area contributed by atoms with E-state index in [2.05, 4.69) is 37.9 Å². The number of rotatable bonds is 1. The van der Waals surface area contributed by atoms with Gasteiger partial charge in [0.05, 0.1) is 5.52 Å². The van der Waals surface area contributed by atoms with Gasteiger partial charge in [0, 0.05) is 5.39 Å². The number of fused-ring (bicyclic) bond motifs is 1. The average Bonchev–Trinajstić information content (AvgIpc) is 2.15. The summed E-state index contributed by atoms with van der Waals surface area (Å²) < 4.78 is 0. The minimum atomic E-state index is 0.548. The van der Waals surface area contributed by atoms with Gasteiger partial charge in [0.25, 0.3) is 0 Å². The van der Waals surface area contributed by atoms with Gasteiger partial charge in [-0.15, -0.1) is 0 Å². The molecule has 2 nitrogen and oxygen atoms in total. The van der Waals surface area contributed by atoms with E-state index in [0.29, 0.717) is 11.7 Å². The number of nitrogen functional groups attached to an aromatic ring is 1. The molecule has 2 heteroatoms. The second-order valence-corrected chi connectivity index (χ2v) is 4.29. The maximum atomic E-state index is 5.66. The monoisotopic (exact) mass is 200 g/mol. The first-order valence-corrected chi connectivity index (χ1v) is 5.24. The Morgan fingerprint density at radius 3 is 2.60 bits per heavy atom. The molecule has 0 saturated heterocycles. The van der Waals surface area contributed by atoms with Gasteiger partial charge in [-0.05, 0) is 48.2 Å². The number of hydrogen-bond donors (Lipinski definition) is 1. The van der Waals surface area contributed by atoms with E-state index in [9.17, 15) is 0 Å². The fourth-order valence-electron chi connectivity index (χ4n) is 1.93. The Labute approximate surface area is 90.1 Å². The molecule has 0 aliphatic heterocycles. The molecule has 0 unspecified atom stereocenters. The van der Waals surface area contributed by atoms with Crippen molar-refractivity contribution in [3.05, 3.63) is 35.4 Å². The van der Waals surface area contributed by atoms with Crippen molar-refractivity contribution in [1.82, 2.24) is 4.98 Å². The number of nitrogens with two attached hydrogens (primary N) is 1. The lowest BCUT2D eigenvalue weighted by Crippen LogP contribution is -1.95. The lowest BCUT2D eigenvalue weighted by molar-refractivity contribution is 0.858. The van der Waals surface area contributed by atoms with E-state index >= 15 is 0 Å².